The fourth-order valence-corrected chi connectivity index (χ4v) is 5.69. The second kappa shape index (κ2) is 10.7. The Bertz CT molecular complexity index is 1450. The topological polar surface area (TPSA) is 110 Å². The van der Waals surface area contributed by atoms with E-state index in [4.69, 9.17) is 4.74 Å². The van der Waals surface area contributed by atoms with E-state index in [1.54, 1.807) is 49.4 Å². The number of benzene rings is 3. The van der Waals surface area contributed by atoms with Crippen LogP contribution in [0.5, 0.6) is 5.75 Å². The van der Waals surface area contributed by atoms with Crippen molar-refractivity contribution in [2.75, 3.05) is 24.2 Å². The van der Waals surface area contributed by atoms with Crippen LogP contribution in [-0.4, -0.2) is 42.7 Å². The quantitative estimate of drug-likeness (QED) is 0.451. The van der Waals surface area contributed by atoms with E-state index in [1.165, 1.54) is 31.4 Å². The zero-order valence-electron chi connectivity index (χ0n) is 20.8. The number of sulfone groups is 1. The first-order valence-corrected chi connectivity index (χ1v) is 14.5. The van der Waals surface area contributed by atoms with Crippen LogP contribution < -0.4 is 14.4 Å². The Morgan fingerprint density at radius 2 is 1.44 bits per heavy atom. The van der Waals surface area contributed by atoms with Gasteiger partial charge in [0, 0.05) is 6.26 Å². The molecule has 0 aromatic heterocycles. The van der Waals surface area contributed by atoms with E-state index < -0.39 is 38.4 Å². The molecule has 3 aromatic carbocycles. The van der Waals surface area contributed by atoms with Gasteiger partial charge in [-0.2, -0.15) is 0 Å². The minimum Gasteiger partial charge on any atom is -0.495 e. The molecule has 1 N–H and O–H groups in total. The molecule has 192 valence electrons. The number of anilines is 1. The SMILES string of the molecule is COc1ccc(C)cc1N(CC(=O)NC(C)c1ccc(S(C)(=O)=O)cc1)S(=O)(=O)c1ccc(C)cc1. The summed E-state index contributed by atoms with van der Waals surface area (Å²) in [7, 11) is -6.02. The Labute approximate surface area is 212 Å². The Balaban J connectivity index is 1.93. The highest BCUT2D eigenvalue weighted by Crippen LogP contribution is 2.33. The third-order valence-corrected chi connectivity index (χ3v) is 8.59. The predicted octanol–water partition coefficient (Wildman–Crippen LogP) is 3.79. The molecule has 0 aliphatic heterocycles. The number of amides is 1. The van der Waals surface area contributed by atoms with Crippen LogP contribution in [0, 0.1) is 13.8 Å². The lowest BCUT2D eigenvalue weighted by Gasteiger charge is -2.27. The molecular weight excluding hydrogens is 500 g/mol. The number of sulfonamides is 1. The van der Waals surface area contributed by atoms with E-state index in [2.05, 4.69) is 5.32 Å². The number of methoxy groups -OCH3 is 1. The first kappa shape index (κ1) is 27.2. The predicted molar refractivity (Wildman–Crippen MR) is 140 cm³/mol. The second-order valence-corrected chi connectivity index (χ2v) is 12.5. The van der Waals surface area contributed by atoms with Crippen LogP contribution in [0.1, 0.15) is 29.7 Å². The maximum atomic E-state index is 13.7. The zero-order chi connectivity index (χ0) is 26.7. The largest absolute Gasteiger partial charge is 0.495 e. The van der Waals surface area contributed by atoms with Gasteiger partial charge in [-0.1, -0.05) is 35.9 Å². The molecule has 3 aromatic rings. The summed E-state index contributed by atoms with van der Waals surface area (Å²) in [6.45, 7) is 4.93. The first-order valence-electron chi connectivity index (χ1n) is 11.2. The molecule has 0 spiro atoms. The van der Waals surface area contributed by atoms with Gasteiger partial charge in [-0.05, 0) is 68.3 Å². The maximum Gasteiger partial charge on any atom is 0.264 e. The summed E-state index contributed by atoms with van der Waals surface area (Å²) in [4.78, 5) is 13.3. The van der Waals surface area contributed by atoms with E-state index in [-0.39, 0.29) is 15.5 Å². The Morgan fingerprint density at radius 3 is 2.00 bits per heavy atom. The molecule has 1 amide bonds. The Kier molecular flexibility index (Phi) is 8.10. The van der Waals surface area contributed by atoms with Crippen molar-refractivity contribution >= 4 is 31.5 Å². The van der Waals surface area contributed by atoms with E-state index >= 15 is 0 Å². The van der Waals surface area contributed by atoms with Gasteiger partial charge in [-0.3, -0.25) is 9.10 Å². The molecule has 3 rings (SSSR count). The molecule has 0 aliphatic rings. The third kappa shape index (κ3) is 6.24. The van der Waals surface area contributed by atoms with E-state index in [1.807, 2.05) is 13.8 Å². The van der Waals surface area contributed by atoms with Crippen molar-refractivity contribution in [2.24, 2.45) is 0 Å². The molecule has 1 unspecified atom stereocenters. The van der Waals surface area contributed by atoms with E-state index in [9.17, 15) is 21.6 Å². The number of ether oxygens (including phenoxy) is 1. The average molecular weight is 531 g/mol. The summed E-state index contributed by atoms with van der Waals surface area (Å²) in [6, 6.07) is 17.2. The van der Waals surface area contributed by atoms with E-state index in [0.29, 0.717) is 11.3 Å². The lowest BCUT2D eigenvalue weighted by atomic mass is 10.1. The Morgan fingerprint density at radius 1 is 0.889 bits per heavy atom. The number of carbonyl (C=O) groups excluding carboxylic acids is 1. The van der Waals surface area contributed by atoms with Crippen LogP contribution in [0.2, 0.25) is 0 Å². The lowest BCUT2D eigenvalue weighted by molar-refractivity contribution is -0.120. The van der Waals surface area contributed by atoms with Gasteiger partial charge >= 0.3 is 0 Å². The minimum absolute atomic E-state index is 0.0499. The van der Waals surface area contributed by atoms with Crippen LogP contribution in [0.15, 0.2) is 76.5 Å². The van der Waals surface area contributed by atoms with Gasteiger partial charge in [0.15, 0.2) is 9.84 Å². The Hall–Kier alpha value is -3.37. The van der Waals surface area contributed by atoms with Gasteiger partial charge in [-0.25, -0.2) is 16.8 Å². The summed E-state index contributed by atoms with van der Waals surface area (Å²) >= 11 is 0. The average Bonchev–Trinajstić information content (AvgIpc) is 2.82. The number of hydrogen-bond donors (Lipinski definition) is 1. The number of aryl methyl sites for hydroxylation is 2. The number of nitrogens with zero attached hydrogens (tertiary/aromatic N) is 1. The highest BCUT2D eigenvalue weighted by molar-refractivity contribution is 7.93. The molecule has 0 saturated carbocycles. The van der Waals surface area contributed by atoms with Gasteiger partial charge in [0.25, 0.3) is 10.0 Å². The van der Waals surface area contributed by atoms with Gasteiger partial charge < -0.3 is 10.1 Å². The number of hydrogen-bond acceptors (Lipinski definition) is 6. The molecule has 0 heterocycles. The highest BCUT2D eigenvalue weighted by atomic mass is 32.2. The van der Waals surface area contributed by atoms with Crippen LogP contribution in [-0.2, 0) is 24.7 Å². The normalized spacial score (nSPS) is 12.6. The fraction of sp³-hybridized carbons (Fsp3) is 0.269. The van der Waals surface area contributed by atoms with Crippen LogP contribution in [0.3, 0.4) is 0 Å². The fourth-order valence-electron chi connectivity index (χ4n) is 3.64. The molecule has 8 nitrogen and oxygen atoms in total. The zero-order valence-corrected chi connectivity index (χ0v) is 22.5. The summed E-state index contributed by atoms with van der Waals surface area (Å²) in [5, 5.41) is 2.80. The summed E-state index contributed by atoms with van der Waals surface area (Å²) in [6.07, 6.45) is 1.12. The number of rotatable bonds is 9. The van der Waals surface area contributed by atoms with E-state index in [0.717, 1.165) is 21.7 Å². The van der Waals surface area contributed by atoms with Crippen molar-refractivity contribution in [3.05, 3.63) is 83.4 Å². The molecule has 0 radical (unpaired) electrons. The summed E-state index contributed by atoms with van der Waals surface area (Å²) < 4.78 is 57.2. The minimum atomic E-state index is -4.11. The molecule has 0 bridgehead atoms. The van der Waals surface area contributed by atoms with Crippen LogP contribution >= 0.6 is 0 Å². The summed E-state index contributed by atoms with van der Waals surface area (Å²) in [5.74, 6) is -0.220. The van der Waals surface area contributed by atoms with Crippen molar-refractivity contribution in [3.8, 4) is 5.75 Å². The van der Waals surface area contributed by atoms with Crippen LogP contribution in [0.25, 0.3) is 0 Å². The van der Waals surface area contributed by atoms with Gasteiger partial charge in [0.05, 0.1) is 28.6 Å². The highest BCUT2D eigenvalue weighted by Gasteiger charge is 2.30. The van der Waals surface area contributed by atoms with Crippen molar-refractivity contribution in [2.45, 2.75) is 36.6 Å². The lowest BCUT2D eigenvalue weighted by Crippen LogP contribution is -2.41. The van der Waals surface area contributed by atoms with Crippen LogP contribution in [0.4, 0.5) is 5.69 Å². The van der Waals surface area contributed by atoms with Gasteiger partial charge in [0.1, 0.15) is 12.3 Å². The molecular formula is C26H30N2O6S2. The van der Waals surface area contributed by atoms with Gasteiger partial charge in [-0.15, -0.1) is 0 Å². The molecule has 0 fully saturated rings. The molecule has 0 saturated heterocycles. The standard InChI is InChI=1S/C26H30N2O6S2/c1-18-6-11-23(12-7-18)36(32,33)28(24-16-19(2)8-15-25(24)34-4)17-26(29)27-20(3)21-9-13-22(14-10-21)35(5,30)31/h6-16,20H,17H2,1-5H3,(H,27,29). The number of carbonyl (C=O) groups is 1. The van der Waals surface area contributed by atoms with Crippen molar-refractivity contribution < 1.29 is 26.4 Å². The summed E-state index contributed by atoms with van der Waals surface area (Å²) in [5.41, 5.74) is 2.63. The smallest absolute Gasteiger partial charge is 0.264 e. The molecule has 0 aliphatic carbocycles. The second-order valence-electron chi connectivity index (χ2n) is 8.63. The van der Waals surface area contributed by atoms with Crippen molar-refractivity contribution in [3.63, 3.8) is 0 Å². The third-order valence-electron chi connectivity index (χ3n) is 5.68. The maximum absolute atomic E-state index is 13.7. The van der Waals surface area contributed by atoms with Crippen molar-refractivity contribution in [1.82, 2.24) is 5.32 Å². The van der Waals surface area contributed by atoms with Crippen molar-refractivity contribution in [1.29, 1.82) is 0 Å². The monoisotopic (exact) mass is 530 g/mol. The molecule has 10 heteroatoms. The molecule has 1 atom stereocenters. The number of nitrogens with one attached hydrogen (secondary N) is 1. The first-order chi connectivity index (χ1) is 16.8. The molecule has 36 heavy (non-hydrogen) atoms. The van der Waals surface area contributed by atoms with Gasteiger partial charge in [0.2, 0.25) is 5.91 Å².